The number of rotatable bonds is 3. The maximum atomic E-state index is 13.0. The van der Waals surface area contributed by atoms with Crippen LogP contribution in [-0.4, -0.2) is 43.0 Å². The zero-order valence-corrected chi connectivity index (χ0v) is 16.1. The summed E-state index contributed by atoms with van der Waals surface area (Å²) < 4.78 is 1.77. The highest BCUT2D eigenvalue weighted by molar-refractivity contribution is 5.98. The van der Waals surface area contributed by atoms with E-state index in [1.807, 2.05) is 43.5 Å². The molecule has 3 aromatic rings. The first kappa shape index (κ1) is 17.7. The Balaban J connectivity index is 1.43. The molecule has 8 heteroatoms. The summed E-state index contributed by atoms with van der Waals surface area (Å²) in [5.74, 6) is 0.165. The van der Waals surface area contributed by atoms with Gasteiger partial charge < -0.3 is 16.0 Å². The van der Waals surface area contributed by atoms with E-state index in [0.717, 1.165) is 29.5 Å². The fraction of sp³-hybridized carbons (Fsp3) is 0.333. The second-order valence-electron chi connectivity index (χ2n) is 7.94. The second-order valence-corrected chi connectivity index (χ2v) is 7.94. The molecule has 8 nitrogen and oxygen atoms in total. The fourth-order valence-electron chi connectivity index (χ4n) is 4.68. The van der Waals surface area contributed by atoms with Gasteiger partial charge in [0.15, 0.2) is 5.82 Å². The molecule has 2 bridgehead atoms. The monoisotopic (exact) mass is 390 g/mol. The molecule has 148 valence electrons. The van der Waals surface area contributed by atoms with Gasteiger partial charge in [-0.2, -0.15) is 0 Å². The van der Waals surface area contributed by atoms with Gasteiger partial charge in [0.05, 0.1) is 11.7 Å². The molecule has 0 aliphatic carbocycles. The average Bonchev–Trinajstić information content (AvgIpc) is 3.17. The number of primary amides is 1. The minimum Gasteiger partial charge on any atom is -0.368 e. The Morgan fingerprint density at radius 1 is 1.31 bits per heavy atom. The normalized spacial score (nSPS) is 22.9. The Morgan fingerprint density at radius 2 is 2.17 bits per heavy atom. The van der Waals surface area contributed by atoms with Gasteiger partial charge in [-0.25, -0.2) is 14.3 Å². The number of carbonyl (C=O) groups is 2. The Labute approximate surface area is 167 Å². The second kappa shape index (κ2) is 6.30. The van der Waals surface area contributed by atoms with Crippen molar-refractivity contribution in [2.24, 2.45) is 5.73 Å². The minimum absolute atomic E-state index is 0.0839. The van der Waals surface area contributed by atoms with Crippen molar-refractivity contribution in [2.75, 3.05) is 5.32 Å². The number of nitrogens with zero attached hydrogens (tertiary/aromatic N) is 4. The largest absolute Gasteiger partial charge is 0.368 e. The van der Waals surface area contributed by atoms with Crippen LogP contribution in [0.2, 0.25) is 0 Å². The highest BCUT2D eigenvalue weighted by atomic mass is 16.2. The highest BCUT2D eigenvalue weighted by Crippen LogP contribution is 2.47. The number of benzene rings is 1. The van der Waals surface area contributed by atoms with Gasteiger partial charge >= 0.3 is 6.03 Å². The lowest BCUT2D eigenvalue weighted by molar-refractivity contribution is -0.147. The Hall–Kier alpha value is -3.42. The molecule has 2 fully saturated rings. The molecule has 3 N–H and O–H groups in total. The van der Waals surface area contributed by atoms with Crippen molar-refractivity contribution in [1.82, 2.24) is 19.5 Å². The van der Waals surface area contributed by atoms with Crippen LogP contribution in [0.5, 0.6) is 0 Å². The predicted octanol–water partition coefficient (Wildman–Crippen LogP) is 2.72. The standard InChI is InChI=1S/C21H22N6O2/c1-13-6-7-14(10-17(13)18-23-12-16-5-3-9-26(16)25-18)24-20(29)27-15-4-2-8-21(27,11-15)19(22)28/h3,5-7,9-10,12,15H,2,4,8,11H2,1H3,(H2,22,28)(H,24,29). The molecule has 4 heterocycles. The number of aromatic nitrogens is 3. The molecule has 1 aromatic carbocycles. The van der Waals surface area contributed by atoms with Crippen LogP contribution in [0.1, 0.15) is 31.2 Å². The van der Waals surface area contributed by atoms with E-state index in [4.69, 9.17) is 5.73 Å². The van der Waals surface area contributed by atoms with Crippen molar-refractivity contribution < 1.29 is 9.59 Å². The molecular weight excluding hydrogens is 368 g/mol. The molecule has 2 aromatic heterocycles. The smallest absolute Gasteiger partial charge is 0.323 e. The molecule has 2 atom stereocenters. The first-order valence-corrected chi connectivity index (χ1v) is 9.80. The number of hydrogen-bond acceptors (Lipinski definition) is 4. The van der Waals surface area contributed by atoms with E-state index in [1.165, 1.54) is 0 Å². The van der Waals surface area contributed by atoms with E-state index in [-0.39, 0.29) is 12.1 Å². The maximum Gasteiger partial charge on any atom is 0.323 e. The van der Waals surface area contributed by atoms with Gasteiger partial charge in [-0.3, -0.25) is 4.79 Å². The molecule has 0 saturated carbocycles. The van der Waals surface area contributed by atoms with Gasteiger partial charge in [-0.05, 0) is 56.0 Å². The number of aryl methyl sites for hydroxylation is 1. The lowest BCUT2D eigenvalue weighted by Gasteiger charge is -2.59. The molecule has 0 spiro atoms. The van der Waals surface area contributed by atoms with Gasteiger partial charge in [0.1, 0.15) is 5.54 Å². The van der Waals surface area contributed by atoms with Crippen LogP contribution in [0, 0.1) is 6.92 Å². The van der Waals surface area contributed by atoms with Crippen molar-refractivity contribution in [3.05, 3.63) is 48.3 Å². The number of hydrogen-bond donors (Lipinski definition) is 2. The number of anilines is 1. The molecular formula is C21H22N6O2. The summed E-state index contributed by atoms with van der Waals surface area (Å²) in [5.41, 5.74) is 8.20. The topological polar surface area (TPSA) is 106 Å². The zero-order chi connectivity index (χ0) is 20.2. The first-order valence-electron chi connectivity index (χ1n) is 9.80. The third-order valence-corrected chi connectivity index (χ3v) is 6.21. The summed E-state index contributed by atoms with van der Waals surface area (Å²) in [6.07, 6.45) is 6.77. The lowest BCUT2D eigenvalue weighted by Crippen LogP contribution is -2.75. The molecule has 2 saturated heterocycles. The molecule has 2 unspecified atom stereocenters. The van der Waals surface area contributed by atoms with Gasteiger partial charge in [0.25, 0.3) is 0 Å². The van der Waals surface area contributed by atoms with Crippen molar-refractivity contribution in [3.8, 4) is 11.4 Å². The van der Waals surface area contributed by atoms with Gasteiger partial charge in [-0.1, -0.05) is 6.07 Å². The van der Waals surface area contributed by atoms with Crippen molar-refractivity contribution >= 4 is 23.1 Å². The molecule has 3 amide bonds. The van der Waals surface area contributed by atoms with Crippen LogP contribution in [0.25, 0.3) is 16.9 Å². The van der Waals surface area contributed by atoms with Crippen LogP contribution >= 0.6 is 0 Å². The third-order valence-electron chi connectivity index (χ3n) is 6.21. The highest BCUT2D eigenvalue weighted by Gasteiger charge is 2.60. The number of nitrogens with two attached hydrogens (primary N) is 1. The molecule has 5 rings (SSSR count). The van der Waals surface area contributed by atoms with E-state index in [1.54, 1.807) is 15.6 Å². The summed E-state index contributed by atoms with van der Waals surface area (Å²) in [6.45, 7) is 1.98. The van der Waals surface area contributed by atoms with Crippen LogP contribution in [0.15, 0.2) is 42.7 Å². The van der Waals surface area contributed by atoms with Crippen LogP contribution < -0.4 is 11.1 Å². The summed E-state index contributed by atoms with van der Waals surface area (Å²) in [6, 6.07) is 9.29. The van der Waals surface area contributed by atoms with Gasteiger partial charge in [0, 0.05) is 29.9 Å². The van der Waals surface area contributed by atoms with E-state index in [0.29, 0.717) is 24.4 Å². The quantitative estimate of drug-likeness (QED) is 0.717. The number of nitrogens with one attached hydrogen (secondary N) is 1. The zero-order valence-electron chi connectivity index (χ0n) is 16.1. The maximum absolute atomic E-state index is 13.0. The predicted molar refractivity (Wildman–Crippen MR) is 108 cm³/mol. The van der Waals surface area contributed by atoms with Crippen molar-refractivity contribution in [2.45, 2.75) is 44.2 Å². The number of amides is 3. The summed E-state index contributed by atoms with van der Waals surface area (Å²) in [4.78, 5) is 31.1. The van der Waals surface area contributed by atoms with Crippen LogP contribution in [0.3, 0.4) is 0 Å². The Morgan fingerprint density at radius 3 is 2.97 bits per heavy atom. The van der Waals surface area contributed by atoms with Crippen LogP contribution in [-0.2, 0) is 4.79 Å². The number of piperidine rings is 1. The lowest BCUT2D eigenvalue weighted by atomic mass is 9.68. The SMILES string of the molecule is Cc1ccc(NC(=O)N2C3CCCC2(C(N)=O)C3)cc1-c1ncc2cccn2n1. The molecule has 2 aliphatic rings. The summed E-state index contributed by atoms with van der Waals surface area (Å²) in [7, 11) is 0. The van der Waals surface area contributed by atoms with E-state index < -0.39 is 11.4 Å². The van der Waals surface area contributed by atoms with E-state index in [9.17, 15) is 9.59 Å². The van der Waals surface area contributed by atoms with Crippen LogP contribution in [0.4, 0.5) is 10.5 Å². The molecule has 2 aliphatic heterocycles. The first-order chi connectivity index (χ1) is 14.0. The van der Waals surface area contributed by atoms with Crippen molar-refractivity contribution in [3.63, 3.8) is 0 Å². The van der Waals surface area contributed by atoms with Gasteiger partial charge in [-0.15, -0.1) is 5.10 Å². The number of carbonyl (C=O) groups excluding carboxylic acids is 2. The Kier molecular flexibility index (Phi) is 3.84. The van der Waals surface area contributed by atoms with Gasteiger partial charge in [0.2, 0.25) is 5.91 Å². The molecule has 29 heavy (non-hydrogen) atoms. The van der Waals surface area contributed by atoms with E-state index in [2.05, 4.69) is 15.4 Å². The Bertz CT molecular complexity index is 1140. The third kappa shape index (κ3) is 2.66. The fourth-order valence-corrected chi connectivity index (χ4v) is 4.68. The summed E-state index contributed by atoms with van der Waals surface area (Å²) in [5, 5.41) is 7.49. The number of urea groups is 1. The minimum atomic E-state index is -0.830. The van der Waals surface area contributed by atoms with E-state index >= 15 is 0 Å². The average molecular weight is 390 g/mol. The summed E-state index contributed by atoms with van der Waals surface area (Å²) >= 11 is 0. The van der Waals surface area contributed by atoms with Crippen molar-refractivity contribution in [1.29, 1.82) is 0 Å². The number of fused-ring (bicyclic) bond motifs is 3. The molecule has 0 radical (unpaired) electrons.